The average molecular weight is 420 g/mol. The van der Waals surface area contributed by atoms with Gasteiger partial charge in [-0.15, -0.1) is 8.76 Å². The van der Waals surface area contributed by atoms with E-state index in [0.717, 1.165) is 5.56 Å². The summed E-state index contributed by atoms with van der Waals surface area (Å²) in [6, 6.07) is 14.0. The molecule has 1 unspecified atom stereocenters. The van der Waals surface area contributed by atoms with Crippen molar-refractivity contribution in [2.75, 3.05) is 0 Å². The van der Waals surface area contributed by atoms with E-state index in [1.807, 2.05) is 0 Å². The van der Waals surface area contributed by atoms with Gasteiger partial charge in [0.25, 0.3) is 10.2 Å². The molecule has 0 radical (unpaired) electrons. The minimum atomic E-state index is -3.84. The second kappa shape index (κ2) is 6.58. The minimum absolute atomic E-state index is 0.0438. The monoisotopic (exact) mass is 419 g/mol. The lowest BCUT2D eigenvalue weighted by atomic mass is 10.0. The summed E-state index contributed by atoms with van der Waals surface area (Å²) in [6.07, 6.45) is 0. The Hall–Kier alpha value is -2.52. The van der Waals surface area contributed by atoms with Crippen molar-refractivity contribution in [2.45, 2.75) is 0 Å². The van der Waals surface area contributed by atoms with Gasteiger partial charge in [-0.05, 0) is 24.3 Å². The van der Waals surface area contributed by atoms with Crippen LogP contribution in [0.25, 0.3) is 22.5 Å². The zero-order valence-corrected chi connectivity index (χ0v) is 15.8. The number of fused-ring (bicyclic) bond motifs is 1. The highest BCUT2D eigenvalue weighted by Crippen LogP contribution is 2.34. The zero-order valence-electron chi connectivity index (χ0n) is 13.5. The molecular weight excluding hydrogens is 409 g/mol. The Morgan fingerprint density at radius 2 is 1.30 bits per heavy atom. The van der Waals surface area contributed by atoms with Crippen molar-refractivity contribution in [1.82, 2.24) is 9.97 Å². The highest BCUT2D eigenvalue weighted by Gasteiger charge is 2.24. The fourth-order valence-corrected chi connectivity index (χ4v) is 3.57. The summed E-state index contributed by atoms with van der Waals surface area (Å²) in [4.78, 5) is 8.99. The highest BCUT2D eigenvalue weighted by molar-refractivity contribution is 7.87. The normalized spacial score (nSPS) is 18.4. The minimum Gasteiger partial charge on any atom is -0.381 e. The summed E-state index contributed by atoms with van der Waals surface area (Å²) < 4.78 is 28.8. The van der Waals surface area contributed by atoms with Gasteiger partial charge in [0.2, 0.25) is 0 Å². The molecule has 0 aliphatic carbocycles. The van der Waals surface area contributed by atoms with Crippen molar-refractivity contribution in [3.8, 4) is 22.5 Å². The van der Waals surface area contributed by atoms with E-state index in [1.165, 1.54) is 0 Å². The van der Waals surface area contributed by atoms with E-state index < -0.39 is 10.2 Å². The third-order valence-electron chi connectivity index (χ3n) is 3.78. The highest BCUT2D eigenvalue weighted by atomic mass is 35.5. The van der Waals surface area contributed by atoms with E-state index in [2.05, 4.69) is 18.7 Å². The molecule has 4 rings (SSSR count). The second-order valence-electron chi connectivity index (χ2n) is 5.64. The smallest absolute Gasteiger partial charge is 0.281 e. The van der Waals surface area contributed by atoms with Crippen LogP contribution in [-0.2, 0) is 10.2 Å². The van der Waals surface area contributed by atoms with Gasteiger partial charge in [0.1, 0.15) is 0 Å². The maximum absolute atomic E-state index is 11.9. The summed E-state index contributed by atoms with van der Waals surface area (Å²) in [5.41, 5.74) is 8.37. The van der Waals surface area contributed by atoms with Crippen LogP contribution in [0.5, 0.6) is 0 Å². The molecule has 3 aromatic rings. The summed E-state index contributed by atoms with van der Waals surface area (Å²) >= 11 is 12.0. The van der Waals surface area contributed by atoms with Gasteiger partial charge in [-0.1, -0.05) is 47.5 Å². The van der Waals surface area contributed by atoms with E-state index in [1.54, 1.807) is 48.5 Å². The average Bonchev–Trinajstić information content (AvgIpc) is 2.61. The molecule has 136 valence electrons. The Labute approximate surface area is 165 Å². The van der Waals surface area contributed by atoms with Crippen molar-refractivity contribution < 1.29 is 8.76 Å². The predicted molar refractivity (Wildman–Crippen MR) is 107 cm³/mol. The number of halogens is 2. The van der Waals surface area contributed by atoms with Gasteiger partial charge >= 0.3 is 0 Å². The molecule has 0 spiro atoms. The first-order valence-electron chi connectivity index (χ1n) is 7.62. The zero-order chi connectivity index (χ0) is 19.2. The molecule has 0 saturated heterocycles. The number of hydrogen-bond donors (Lipinski definition) is 2. The lowest BCUT2D eigenvalue weighted by Crippen LogP contribution is -2.21. The Morgan fingerprint density at radius 3 is 1.81 bits per heavy atom. The first-order chi connectivity index (χ1) is 12.8. The lowest BCUT2D eigenvalue weighted by Gasteiger charge is -2.15. The van der Waals surface area contributed by atoms with Gasteiger partial charge < -0.3 is 5.73 Å². The topological polar surface area (TPSA) is 114 Å². The SMILES string of the molecule is NC1=NS(=O)(O)=Nc2nc(-c3ccc(Cl)cc3)c(-c3ccc(Cl)cc3)nc21. The number of amidine groups is 1. The molecule has 0 amide bonds. The molecule has 1 atom stereocenters. The molecule has 1 aromatic heterocycles. The van der Waals surface area contributed by atoms with E-state index in [9.17, 15) is 8.76 Å². The third-order valence-corrected chi connectivity index (χ3v) is 5.13. The van der Waals surface area contributed by atoms with Gasteiger partial charge in [0, 0.05) is 21.2 Å². The number of nitrogens with zero attached hydrogens (tertiary/aromatic N) is 4. The quantitative estimate of drug-likeness (QED) is 0.641. The van der Waals surface area contributed by atoms with Crippen molar-refractivity contribution in [3.05, 3.63) is 64.3 Å². The fourth-order valence-electron chi connectivity index (χ4n) is 2.58. The third kappa shape index (κ3) is 3.52. The maximum Gasteiger partial charge on any atom is 0.281 e. The van der Waals surface area contributed by atoms with Gasteiger partial charge in [0.15, 0.2) is 17.3 Å². The standard InChI is InChI=1S/C17H11Cl2N5O2S/c18-11-5-1-9(2-6-11)13-14(10-3-7-12(19)8-4-10)22-17-15(21-13)16(20)23-27(25,26)24-17/h1-8H,(H3,20,22,23,24,25,26). The number of rotatable bonds is 2. The van der Waals surface area contributed by atoms with E-state index >= 15 is 0 Å². The number of aromatic nitrogens is 2. The van der Waals surface area contributed by atoms with Crippen LogP contribution in [0.1, 0.15) is 5.69 Å². The van der Waals surface area contributed by atoms with Crippen molar-refractivity contribution in [1.29, 1.82) is 0 Å². The summed E-state index contributed by atoms with van der Waals surface area (Å²) in [5, 5.41) is 1.14. The summed E-state index contributed by atoms with van der Waals surface area (Å²) in [5.74, 6) is -0.240. The van der Waals surface area contributed by atoms with Crippen molar-refractivity contribution in [3.63, 3.8) is 0 Å². The molecule has 7 nitrogen and oxygen atoms in total. The first-order valence-corrected chi connectivity index (χ1v) is 9.80. The lowest BCUT2D eigenvalue weighted by molar-refractivity contribution is 0.553. The Kier molecular flexibility index (Phi) is 4.35. The van der Waals surface area contributed by atoms with Crippen LogP contribution in [0.15, 0.2) is 57.3 Å². The van der Waals surface area contributed by atoms with E-state index in [-0.39, 0.29) is 17.3 Å². The maximum atomic E-state index is 11.9. The molecule has 0 fully saturated rings. The second-order valence-corrected chi connectivity index (χ2v) is 7.82. The van der Waals surface area contributed by atoms with Crippen LogP contribution in [0.3, 0.4) is 0 Å². The van der Waals surface area contributed by atoms with Crippen LogP contribution in [0.2, 0.25) is 10.0 Å². The van der Waals surface area contributed by atoms with E-state index in [4.69, 9.17) is 28.9 Å². The molecule has 10 heteroatoms. The van der Waals surface area contributed by atoms with Crippen LogP contribution >= 0.6 is 23.2 Å². The Bertz CT molecular complexity index is 1200. The molecule has 1 aliphatic rings. The Morgan fingerprint density at radius 1 is 0.815 bits per heavy atom. The number of nitrogens with two attached hydrogens (primary N) is 1. The van der Waals surface area contributed by atoms with E-state index in [0.29, 0.717) is 27.0 Å². The molecule has 3 N–H and O–H groups in total. The molecule has 2 aromatic carbocycles. The number of benzene rings is 2. The fraction of sp³-hybridized carbons (Fsp3) is 0. The summed E-state index contributed by atoms with van der Waals surface area (Å²) in [7, 11) is -3.84. The largest absolute Gasteiger partial charge is 0.381 e. The predicted octanol–water partition coefficient (Wildman–Crippen LogP) is 4.32. The first kappa shape index (κ1) is 17.9. The summed E-state index contributed by atoms with van der Waals surface area (Å²) in [6.45, 7) is 0. The van der Waals surface area contributed by atoms with Gasteiger partial charge in [-0.2, -0.15) is 4.21 Å². The molecular formula is C17H11Cl2N5O2S. The van der Waals surface area contributed by atoms with Crippen LogP contribution in [0.4, 0.5) is 5.82 Å². The van der Waals surface area contributed by atoms with Crippen LogP contribution in [-0.4, -0.2) is 24.6 Å². The van der Waals surface area contributed by atoms with Crippen molar-refractivity contribution in [2.24, 2.45) is 14.5 Å². The van der Waals surface area contributed by atoms with Crippen LogP contribution in [0, 0.1) is 0 Å². The molecule has 0 saturated carbocycles. The molecule has 27 heavy (non-hydrogen) atoms. The molecule has 2 heterocycles. The molecule has 1 aliphatic heterocycles. The Balaban J connectivity index is 2.02. The van der Waals surface area contributed by atoms with Gasteiger partial charge in [0.05, 0.1) is 11.4 Å². The molecule has 0 bridgehead atoms. The van der Waals surface area contributed by atoms with Gasteiger partial charge in [-0.3, -0.25) is 4.55 Å². The van der Waals surface area contributed by atoms with Crippen molar-refractivity contribution >= 4 is 45.1 Å². The van der Waals surface area contributed by atoms with Gasteiger partial charge in [-0.25, -0.2) is 9.97 Å². The van der Waals surface area contributed by atoms with Crippen LogP contribution < -0.4 is 5.73 Å². The number of hydrogen-bond acceptors (Lipinski definition) is 5.